The molecule has 3 aliphatic rings. The standard InChI is InChI=1S/C20H22N6O2/c1-2-16-24-17-18(22-12-23-19(17)28-16)25-9-13-6-7-15(11-25)26(20(13)27)10-14-5-3-4-8-21-14/h3-5,8,12-13,15H,2,6-7,9-11H2,1H3/t13-,15+/m1/s1. The number of hydrogen-bond acceptors (Lipinski definition) is 7. The van der Waals surface area contributed by atoms with E-state index < -0.39 is 0 Å². The second-order valence-corrected chi connectivity index (χ2v) is 7.43. The monoisotopic (exact) mass is 378 g/mol. The molecule has 0 radical (unpaired) electrons. The molecule has 0 aliphatic carbocycles. The van der Waals surface area contributed by atoms with E-state index in [1.54, 1.807) is 6.20 Å². The van der Waals surface area contributed by atoms with Gasteiger partial charge in [-0.2, -0.15) is 4.98 Å². The number of oxazole rings is 1. The summed E-state index contributed by atoms with van der Waals surface area (Å²) in [5.74, 6) is 1.59. The number of aromatic nitrogens is 4. The number of nitrogens with zero attached hydrogens (tertiary/aromatic N) is 6. The molecule has 0 aromatic carbocycles. The van der Waals surface area contributed by atoms with Crippen LogP contribution in [0, 0.1) is 5.92 Å². The lowest BCUT2D eigenvalue weighted by Gasteiger charge is -2.35. The van der Waals surface area contributed by atoms with Crippen LogP contribution in [-0.2, 0) is 17.8 Å². The number of rotatable bonds is 4. The van der Waals surface area contributed by atoms with E-state index in [4.69, 9.17) is 4.42 Å². The molecule has 0 unspecified atom stereocenters. The molecule has 144 valence electrons. The molecular weight excluding hydrogens is 356 g/mol. The zero-order valence-electron chi connectivity index (χ0n) is 15.8. The van der Waals surface area contributed by atoms with Crippen molar-refractivity contribution in [2.75, 3.05) is 18.0 Å². The molecule has 6 heterocycles. The van der Waals surface area contributed by atoms with Crippen LogP contribution in [0.25, 0.3) is 11.2 Å². The summed E-state index contributed by atoms with van der Waals surface area (Å²) in [5, 5.41) is 0. The predicted molar refractivity (Wildman–Crippen MR) is 102 cm³/mol. The molecule has 8 nitrogen and oxygen atoms in total. The van der Waals surface area contributed by atoms with E-state index in [2.05, 4.69) is 24.8 Å². The third-order valence-electron chi connectivity index (χ3n) is 5.67. The highest BCUT2D eigenvalue weighted by atomic mass is 16.4. The van der Waals surface area contributed by atoms with E-state index in [-0.39, 0.29) is 17.9 Å². The van der Waals surface area contributed by atoms with Gasteiger partial charge in [-0.15, -0.1) is 0 Å². The van der Waals surface area contributed by atoms with Gasteiger partial charge in [-0.25, -0.2) is 9.97 Å². The molecular formula is C20H22N6O2. The number of anilines is 1. The van der Waals surface area contributed by atoms with Crippen molar-refractivity contribution >= 4 is 23.0 Å². The summed E-state index contributed by atoms with van der Waals surface area (Å²) in [6, 6.07) is 5.96. The van der Waals surface area contributed by atoms with Crippen molar-refractivity contribution in [3.05, 3.63) is 42.3 Å². The number of amides is 1. The Morgan fingerprint density at radius 2 is 2.11 bits per heavy atom. The van der Waals surface area contributed by atoms with Crippen LogP contribution in [0.15, 0.2) is 35.1 Å². The van der Waals surface area contributed by atoms with Crippen LogP contribution in [-0.4, -0.2) is 49.9 Å². The maximum absolute atomic E-state index is 13.1. The van der Waals surface area contributed by atoms with Gasteiger partial charge in [0.25, 0.3) is 5.71 Å². The molecule has 3 aromatic rings. The molecule has 3 saturated heterocycles. The third-order valence-corrected chi connectivity index (χ3v) is 5.67. The molecule has 28 heavy (non-hydrogen) atoms. The zero-order valence-corrected chi connectivity index (χ0v) is 15.8. The number of aryl methyl sites for hydroxylation is 1. The number of hydrogen-bond donors (Lipinski definition) is 0. The molecule has 0 spiro atoms. The van der Waals surface area contributed by atoms with Gasteiger partial charge in [-0.1, -0.05) is 13.0 Å². The average molecular weight is 378 g/mol. The summed E-state index contributed by atoms with van der Waals surface area (Å²) < 4.78 is 5.70. The van der Waals surface area contributed by atoms with Crippen LogP contribution in [0.1, 0.15) is 31.4 Å². The van der Waals surface area contributed by atoms with Crippen LogP contribution in [0.5, 0.6) is 0 Å². The van der Waals surface area contributed by atoms with Crippen molar-refractivity contribution in [2.45, 2.75) is 38.8 Å². The van der Waals surface area contributed by atoms with Gasteiger partial charge in [0.05, 0.1) is 18.2 Å². The van der Waals surface area contributed by atoms with Gasteiger partial charge in [-0.05, 0) is 25.0 Å². The molecule has 6 rings (SSSR count). The Hall–Kier alpha value is -3.03. The second-order valence-electron chi connectivity index (χ2n) is 7.43. The quantitative estimate of drug-likeness (QED) is 0.688. The molecule has 3 fully saturated rings. The summed E-state index contributed by atoms with van der Waals surface area (Å²) in [4.78, 5) is 35.0. The van der Waals surface area contributed by atoms with Gasteiger partial charge >= 0.3 is 0 Å². The predicted octanol–water partition coefficient (Wildman–Crippen LogP) is 2.20. The van der Waals surface area contributed by atoms with E-state index in [0.717, 1.165) is 30.9 Å². The van der Waals surface area contributed by atoms with E-state index >= 15 is 0 Å². The van der Waals surface area contributed by atoms with Gasteiger partial charge in [0.1, 0.15) is 6.33 Å². The van der Waals surface area contributed by atoms with Gasteiger partial charge in [0.2, 0.25) is 5.91 Å². The number of fused-ring (bicyclic) bond motifs is 5. The molecule has 8 heteroatoms. The van der Waals surface area contributed by atoms with Gasteiger partial charge in [-0.3, -0.25) is 9.78 Å². The van der Waals surface area contributed by atoms with Crippen molar-refractivity contribution in [3.8, 4) is 0 Å². The van der Waals surface area contributed by atoms with Gasteiger partial charge < -0.3 is 14.2 Å². The number of carbonyl (C=O) groups is 1. The minimum atomic E-state index is -0.0370. The third kappa shape index (κ3) is 2.89. The molecule has 2 bridgehead atoms. The fraction of sp³-hybridized carbons (Fsp3) is 0.450. The Labute approximate surface area is 162 Å². The average Bonchev–Trinajstić information content (AvgIpc) is 2.98. The van der Waals surface area contributed by atoms with Crippen LogP contribution in [0.4, 0.5) is 5.82 Å². The lowest BCUT2D eigenvalue weighted by atomic mass is 9.94. The molecule has 3 aromatic heterocycles. The summed E-state index contributed by atoms with van der Waals surface area (Å²) in [5.41, 5.74) is 2.11. The van der Waals surface area contributed by atoms with Gasteiger partial charge in [0, 0.05) is 31.7 Å². The number of piperidine rings is 1. The Morgan fingerprint density at radius 3 is 2.93 bits per heavy atom. The Morgan fingerprint density at radius 1 is 1.18 bits per heavy atom. The number of carbonyl (C=O) groups excluding carboxylic acids is 1. The first kappa shape index (κ1) is 17.1. The molecule has 2 atom stereocenters. The highest BCUT2D eigenvalue weighted by Crippen LogP contribution is 2.34. The van der Waals surface area contributed by atoms with Crippen molar-refractivity contribution in [2.24, 2.45) is 5.92 Å². The van der Waals surface area contributed by atoms with Crippen molar-refractivity contribution in [1.82, 2.24) is 24.8 Å². The minimum Gasteiger partial charge on any atom is -0.422 e. The summed E-state index contributed by atoms with van der Waals surface area (Å²) >= 11 is 0. The first-order valence-corrected chi connectivity index (χ1v) is 9.78. The zero-order chi connectivity index (χ0) is 19.1. The fourth-order valence-corrected chi connectivity index (χ4v) is 4.26. The Balaban J connectivity index is 1.47. The number of pyridine rings is 1. The molecule has 3 aliphatic heterocycles. The lowest BCUT2D eigenvalue weighted by molar-refractivity contribution is -0.140. The van der Waals surface area contributed by atoms with Gasteiger partial charge in [0.15, 0.2) is 17.2 Å². The SMILES string of the molecule is CCc1nc2c(N3C[C@H]4CC[C@@H](C3)N(Cc3ccccn3)C4=O)ncnc2o1. The maximum atomic E-state index is 13.1. The maximum Gasteiger partial charge on any atom is 0.252 e. The fourth-order valence-electron chi connectivity index (χ4n) is 4.26. The highest BCUT2D eigenvalue weighted by molar-refractivity contribution is 5.84. The van der Waals surface area contributed by atoms with Crippen LogP contribution >= 0.6 is 0 Å². The van der Waals surface area contributed by atoms with E-state index in [9.17, 15) is 4.79 Å². The van der Waals surface area contributed by atoms with Crippen LogP contribution in [0.2, 0.25) is 0 Å². The van der Waals surface area contributed by atoms with E-state index in [1.165, 1.54) is 6.33 Å². The highest BCUT2D eigenvalue weighted by Gasteiger charge is 2.41. The topological polar surface area (TPSA) is 88.3 Å². The normalized spacial score (nSPS) is 22.1. The van der Waals surface area contributed by atoms with E-state index in [0.29, 0.717) is 36.6 Å². The lowest BCUT2D eigenvalue weighted by Crippen LogP contribution is -2.47. The molecule has 0 saturated carbocycles. The Kier molecular flexibility index (Phi) is 4.18. The summed E-state index contributed by atoms with van der Waals surface area (Å²) in [6.45, 7) is 3.93. The summed E-state index contributed by atoms with van der Waals surface area (Å²) in [6.07, 6.45) is 5.90. The van der Waals surface area contributed by atoms with Crippen molar-refractivity contribution in [3.63, 3.8) is 0 Å². The van der Waals surface area contributed by atoms with E-state index in [1.807, 2.05) is 30.0 Å². The smallest absolute Gasteiger partial charge is 0.252 e. The second kappa shape index (κ2) is 6.85. The Bertz CT molecular complexity index is 1000. The minimum absolute atomic E-state index is 0.0370. The summed E-state index contributed by atoms with van der Waals surface area (Å²) in [7, 11) is 0. The van der Waals surface area contributed by atoms with Crippen molar-refractivity contribution < 1.29 is 9.21 Å². The first-order chi connectivity index (χ1) is 13.7. The van der Waals surface area contributed by atoms with Crippen molar-refractivity contribution in [1.29, 1.82) is 0 Å². The van der Waals surface area contributed by atoms with Crippen LogP contribution in [0.3, 0.4) is 0 Å². The van der Waals surface area contributed by atoms with Crippen LogP contribution < -0.4 is 4.90 Å². The first-order valence-electron chi connectivity index (χ1n) is 9.78. The molecule has 0 N–H and O–H groups in total. The largest absolute Gasteiger partial charge is 0.422 e. The molecule has 1 amide bonds.